The first-order valence-electron chi connectivity index (χ1n) is 7.34. The highest BCUT2D eigenvalue weighted by atomic mass is 16.5. The molecular formula is C17H24N2O3. The van der Waals surface area contributed by atoms with Gasteiger partial charge in [-0.25, -0.2) is 0 Å². The van der Waals surface area contributed by atoms with Crippen LogP contribution in [0.2, 0.25) is 0 Å². The van der Waals surface area contributed by atoms with E-state index in [4.69, 9.17) is 5.73 Å². The van der Waals surface area contributed by atoms with Gasteiger partial charge < -0.3 is 15.8 Å². The maximum atomic E-state index is 12.0. The molecule has 0 aromatic heterocycles. The zero-order valence-electron chi connectivity index (χ0n) is 13.0. The number of nitrogens with two attached hydrogens (primary N) is 1. The Bertz CT molecular complexity index is 488. The molecule has 22 heavy (non-hydrogen) atoms. The molecule has 0 saturated heterocycles. The molecule has 2 atom stereocenters. The minimum Gasteiger partial charge on any atom is -0.469 e. The number of ether oxygens (including phenoxy) is 1. The summed E-state index contributed by atoms with van der Waals surface area (Å²) in [6.07, 6.45) is 3.54. The Morgan fingerprint density at radius 1 is 1.36 bits per heavy atom. The van der Waals surface area contributed by atoms with Crippen molar-refractivity contribution in [1.82, 2.24) is 5.32 Å². The summed E-state index contributed by atoms with van der Waals surface area (Å²) in [6.45, 7) is 3.57. The molecule has 0 bridgehead atoms. The summed E-state index contributed by atoms with van der Waals surface area (Å²) in [5.41, 5.74) is 6.90. The molecule has 5 nitrogen and oxygen atoms in total. The van der Waals surface area contributed by atoms with Gasteiger partial charge in [0.1, 0.15) is 0 Å². The van der Waals surface area contributed by atoms with Crippen LogP contribution in [0.5, 0.6) is 0 Å². The Balaban J connectivity index is 2.60. The van der Waals surface area contributed by atoms with Crippen molar-refractivity contribution in [2.24, 2.45) is 5.73 Å². The van der Waals surface area contributed by atoms with Crippen molar-refractivity contribution < 1.29 is 14.3 Å². The van der Waals surface area contributed by atoms with Crippen molar-refractivity contribution in [2.45, 2.75) is 37.8 Å². The van der Waals surface area contributed by atoms with Crippen LogP contribution in [0.1, 0.15) is 24.8 Å². The first-order valence-corrected chi connectivity index (χ1v) is 7.34. The molecule has 0 fully saturated rings. The summed E-state index contributed by atoms with van der Waals surface area (Å²) >= 11 is 0. The Labute approximate surface area is 131 Å². The molecule has 120 valence electrons. The Kier molecular flexibility index (Phi) is 7.92. The van der Waals surface area contributed by atoms with Crippen LogP contribution in [0.15, 0.2) is 43.0 Å². The average Bonchev–Trinajstić information content (AvgIpc) is 2.53. The number of hydrogen-bond donors (Lipinski definition) is 2. The largest absolute Gasteiger partial charge is 0.469 e. The highest BCUT2D eigenvalue weighted by molar-refractivity contribution is 5.82. The van der Waals surface area contributed by atoms with Crippen LogP contribution in [-0.4, -0.2) is 31.1 Å². The van der Waals surface area contributed by atoms with E-state index in [0.29, 0.717) is 12.8 Å². The van der Waals surface area contributed by atoms with Gasteiger partial charge in [0.15, 0.2) is 0 Å². The van der Waals surface area contributed by atoms with Crippen molar-refractivity contribution in [3.63, 3.8) is 0 Å². The molecule has 0 radical (unpaired) electrons. The maximum Gasteiger partial charge on any atom is 0.307 e. The van der Waals surface area contributed by atoms with E-state index < -0.39 is 6.04 Å². The molecule has 5 heteroatoms. The molecule has 3 N–H and O–H groups in total. The van der Waals surface area contributed by atoms with Crippen LogP contribution in [0.4, 0.5) is 0 Å². The summed E-state index contributed by atoms with van der Waals surface area (Å²) in [4.78, 5) is 23.5. The highest BCUT2D eigenvalue weighted by Crippen LogP contribution is 2.08. The predicted octanol–water partition coefficient (Wildman–Crippen LogP) is 1.57. The maximum absolute atomic E-state index is 12.0. The quantitative estimate of drug-likeness (QED) is 0.536. The lowest BCUT2D eigenvalue weighted by Crippen LogP contribution is -2.46. The predicted molar refractivity (Wildman–Crippen MR) is 86.1 cm³/mol. The Hall–Kier alpha value is -2.14. The fourth-order valence-electron chi connectivity index (χ4n) is 2.09. The van der Waals surface area contributed by atoms with E-state index in [-0.39, 0.29) is 24.3 Å². The van der Waals surface area contributed by atoms with Gasteiger partial charge in [-0.05, 0) is 24.8 Å². The average molecular weight is 304 g/mol. The minimum absolute atomic E-state index is 0.135. The van der Waals surface area contributed by atoms with Crippen molar-refractivity contribution in [3.05, 3.63) is 48.6 Å². The first-order chi connectivity index (χ1) is 10.6. The minimum atomic E-state index is -0.644. The van der Waals surface area contributed by atoms with E-state index in [0.717, 1.165) is 12.0 Å². The molecule has 1 aromatic rings. The smallest absolute Gasteiger partial charge is 0.307 e. The third-order valence-corrected chi connectivity index (χ3v) is 3.37. The number of carbonyl (C=O) groups excluding carboxylic acids is 2. The van der Waals surface area contributed by atoms with Gasteiger partial charge in [-0.3, -0.25) is 9.59 Å². The second-order valence-electron chi connectivity index (χ2n) is 5.14. The number of nitrogens with one attached hydrogen (secondary N) is 1. The second kappa shape index (κ2) is 9.73. The van der Waals surface area contributed by atoms with E-state index in [9.17, 15) is 9.59 Å². The van der Waals surface area contributed by atoms with Crippen LogP contribution in [-0.2, 0) is 20.7 Å². The van der Waals surface area contributed by atoms with Gasteiger partial charge in [-0.15, -0.1) is 6.58 Å². The lowest BCUT2D eigenvalue weighted by atomic mass is 10.0. The van der Waals surface area contributed by atoms with Gasteiger partial charge in [0.2, 0.25) is 5.91 Å². The topological polar surface area (TPSA) is 81.4 Å². The van der Waals surface area contributed by atoms with Gasteiger partial charge in [-0.2, -0.15) is 0 Å². The number of hydrogen-bond acceptors (Lipinski definition) is 4. The molecule has 0 aliphatic rings. The highest BCUT2D eigenvalue weighted by Gasteiger charge is 2.20. The van der Waals surface area contributed by atoms with Crippen molar-refractivity contribution in [1.29, 1.82) is 0 Å². The SMILES string of the molecule is C=CCC(N)C(=O)N[C@@H](CCc1ccccc1)CC(=O)OC. The van der Waals surface area contributed by atoms with Gasteiger partial charge >= 0.3 is 5.97 Å². The summed E-state index contributed by atoms with van der Waals surface area (Å²) in [6, 6.07) is 8.96. The fraction of sp³-hybridized carbons (Fsp3) is 0.412. The van der Waals surface area contributed by atoms with E-state index >= 15 is 0 Å². The van der Waals surface area contributed by atoms with E-state index in [1.54, 1.807) is 6.08 Å². The molecule has 0 heterocycles. The van der Waals surface area contributed by atoms with Crippen LogP contribution < -0.4 is 11.1 Å². The second-order valence-corrected chi connectivity index (χ2v) is 5.14. The van der Waals surface area contributed by atoms with Crippen molar-refractivity contribution in [3.8, 4) is 0 Å². The molecular weight excluding hydrogens is 280 g/mol. The molecule has 0 saturated carbocycles. The molecule has 0 aliphatic carbocycles. The Morgan fingerprint density at radius 3 is 2.64 bits per heavy atom. The van der Waals surface area contributed by atoms with Gasteiger partial charge in [0.05, 0.1) is 19.6 Å². The van der Waals surface area contributed by atoms with Gasteiger partial charge in [0, 0.05) is 6.04 Å². The van der Waals surface area contributed by atoms with Crippen LogP contribution in [0.3, 0.4) is 0 Å². The zero-order chi connectivity index (χ0) is 16.4. The van der Waals surface area contributed by atoms with Crippen LogP contribution >= 0.6 is 0 Å². The number of rotatable bonds is 9. The van der Waals surface area contributed by atoms with E-state index in [1.165, 1.54) is 7.11 Å². The van der Waals surface area contributed by atoms with Crippen molar-refractivity contribution in [2.75, 3.05) is 7.11 Å². The number of carbonyl (C=O) groups is 2. The number of amides is 1. The molecule has 1 unspecified atom stereocenters. The zero-order valence-corrected chi connectivity index (χ0v) is 13.0. The van der Waals surface area contributed by atoms with Crippen LogP contribution in [0.25, 0.3) is 0 Å². The lowest BCUT2D eigenvalue weighted by molar-refractivity contribution is -0.141. The summed E-state index contributed by atoms with van der Waals surface area (Å²) in [5.74, 6) is -0.627. The Morgan fingerprint density at radius 2 is 2.05 bits per heavy atom. The standard InChI is InChI=1S/C17H24N2O3/c1-3-7-15(18)17(21)19-14(12-16(20)22-2)11-10-13-8-5-4-6-9-13/h3-6,8-9,14-15H,1,7,10-12,18H2,2H3,(H,19,21)/t14-,15?/m0/s1. The summed E-state index contributed by atoms with van der Waals surface area (Å²) in [7, 11) is 1.34. The van der Waals surface area contributed by atoms with Gasteiger partial charge in [-0.1, -0.05) is 36.4 Å². The number of aryl methyl sites for hydroxylation is 1. The number of methoxy groups -OCH3 is 1. The van der Waals surface area contributed by atoms with E-state index in [1.807, 2.05) is 30.3 Å². The molecule has 1 aromatic carbocycles. The number of benzene rings is 1. The van der Waals surface area contributed by atoms with Crippen LogP contribution in [0, 0.1) is 0 Å². The summed E-state index contributed by atoms with van der Waals surface area (Å²) in [5, 5.41) is 2.82. The van der Waals surface area contributed by atoms with E-state index in [2.05, 4.69) is 16.6 Å². The van der Waals surface area contributed by atoms with Gasteiger partial charge in [0.25, 0.3) is 0 Å². The fourth-order valence-corrected chi connectivity index (χ4v) is 2.09. The third kappa shape index (κ3) is 6.54. The summed E-state index contributed by atoms with van der Waals surface area (Å²) < 4.78 is 4.68. The first kappa shape index (κ1) is 17.9. The monoisotopic (exact) mass is 304 g/mol. The molecule has 1 rings (SSSR count). The lowest BCUT2D eigenvalue weighted by Gasteiger charge is -2.20. The molecule has 1 amide bonds. The normalized spacial score (nSPS) is 13.0. The molecule has 0 aliphatic heterocycles. The van der Waals surface area contributed by atoms with Crippen molar-refractivity contribution >= 4 is 11.9 Å². The molecule has 0 spiro atoms. The third-order valence-electron chi connectivity index (χ3n) is 3.37. The number of esters is 1.